The van der Waals surface area contributed by atoms with Gasteiger partial charge in [0.1, 0.15) is 0 Å². The third kappa shape index (κ3) is 2.72. The van der Waals surface area contributed by atoms with Crippen LogP contribution in [0, 0.1) is 56.7 Å². The summed E-state index contributed by atoms with van der Waals surface area (Å²) in [4.78, 5) is 0. The first-order chi connectivity index (χ1) is 14.6. The molecule has 0 aromatic rings. The molecule has 2 nitrogen and oxygen atoms in total. The van der Waals surface area contributed by atoms with Gasteiger partial charge in [-0.25, -0.2) is 0 Å². The Balaban J connectivity index is 1.56. The number of aliphatic hydroxyl groups excluding tert-OH is 1. The minimum atomic E-state index is -0.643. The monoisotopic (exact) mass is 444 g/mol. The minimum Gasteiger partial charge on any atom is -0.393 e. The summed E-state index contributed by atoms with van der Waals surface area (Å²) < 4.78 is 0. The van der Waals surface area contributed by atoms with Crippen molar-refractivity contribution in [1.29, 1.82) is 0 Å². The van der Waals surface area contributed by atoms with Gasteiger partial charge < -0.3 is 10.2 Å². The minimum absolute atomic E-state index is 0.00871. The molecular weight excluding hydrogens is 392 g/mol. The maximum absolute atomic E-state index is 12.0. The van der Waals surface area contributed by atoms with Gasteiger partial charge in [-0.2, -0.15) is 0 Å². The largest absolute Gasteiger partial charge is 0.393 e. The maximum Gasteiger partial charge on any atom is 0.0622 e. The van der Waals surface area contributed by atoms with Crippen LogP contribution in [-0.4, -0.2) is 21.9 Å². The smallest absolute Gasteiger partial charge is 0.0622 e. The van der Waals surface area contributed by atoms with E-state index >= 15 is 0 Å². The molecule has 0 aliphatic heterocycles. The van der Waals surface area contributed by atoms with E-state index in [0.717, 1.165) is 24.7 Å². The van der Waals surface area contributed by atoms with Gasteiger partial charge in [-0.1, -0.05) is 48.0 Å². The fourth-order valence-electron chi connectivity index (χ4n) is 12.1. The molecule has 32 heavy (non-hydrogen) atoms. The van der Waals surface area contributed by atoms with Crippen LogP contribution < -0.4 is 0 Å². The molecule has 5 aliphatic carbocycles. The van der Waals surface area contributed by atoms with E-state index in [1.165, 1.54) is 51.4 Å². The highest BCUT2D eigenvalue weighted by Crippen LogP contribution is 2.78. The van der Waals surface area contributed by atoms with Crippen molar-refractivity contribution in [3.8, 4) is 0 Å². The molecular formula is C30H52O2. The highest BCUT2D eigenvalue weighted by molar-refractivity contribution is 5.21. The average molecular weight is 445 g/mol. The predicted molar refractivity (Wildman–Crippen MR) is 132 cm³/mol. The van der Waals surface area contributed by atoms with Crippen LogP contribution in [-0.2, 0) is 0 Å². The van der Waals surface area contributed by atoms with Crippen LogP contribution in [0.3, 0.4) is 0 Å². The van der Waals surface area contributed by atoms with Crippen LogP contribution in [0.2, 0.25) is 0 Å². The SMILES string of the molecule is CC(C)(O)[C@H]1CC[C@]2(C)[C@H]3CC[C@@H]4[C@@]5(C)CCCC(C)(C)[C@@H]5CC[C@@]4(C)[C@]3(C)[C@@H](O)C[C@@H]12. The standard InChI is InChI=1S/C30H52O2/c1-25(2)14-9-15-28(6)21(25)13-17-29(7)22(28)10-11-23-27(5)16-12-19(26(3,4)32)20(27)18-24(31)30(23,29)8/h19-24,31-32H,9-18H2,1-8H3/t19-,20-,21-,22+,23+,24-,27-,28-,29+,30-/m0/s1. The van der Waals surface area contributed by atoms with E-state index in [4.69, 9.17) is 0 Å². The van der Waals surface area contributed by atoms with E-state index in [1.54, 1.807) is 0 Å². The normalized spacial score (nSPS) is 57.2. The van der Waals surface area contributed by atoms with E-state index < -0.39 is 5.60 Å². The molecule has 5 rings (SSSR count). The molecule has 2 N–H and O–H groups in total. The van der Waals surface area contributed by atoms with Gasteiger partial charge >= 0.3 is 0 Å². The molecule has 5 fully saturated rings. The third-order valence-electron chi connectivity index (χ3n) is 13.7. The molecule has 0 aromatic carbocycles. The predicted octanol–water partition coefficient (Wildman–Crippen LogP) is 7.22. The summed E-state index contributed by atoms with van der Waals surface area (Å²) in [6, 6.07) is 0. The van der Waals surface area contributed by atoms with Gasteiger partial charge in [0, 0.05) is 5.41 Å². The Hall–Kier alpha value is -0.0800. The highest BCUT2D eigenvalue weighted by atomic mass is 16.3. The van der Waals surface area contributed by atoms with Crippen LogP contribution in [0.4, 0.5) is 0 Å². The number of fused-ring (bicyclic) bond motifs is 7. The summed E-state index contributed by atoms with van der Waals surface area (Å²) in [6.45, 7) is 19.4. The molecule has 0 bridgehead atoms. The van der Waals surface area contributed by atoms with E-state index in [0.29, 0.717) is 28.6 Å². The average Bonchev–Trinajstić information content (AvgIpc) is 3.00. The molecule has 0 spiro atoms. The van der Waals surface area contributed by atoms with Gasteiger partial charge in [-0.3, -0.25) is 0 Å². The van der Waals surface area contributed by atoms with E-state index in [9.17, 15) is 10.2 Å². The second-order valence-electron chi connectivity index (χ2n) is 15.5. The Morgan fingerprint density at radius 1 is 0.719 bits per heavy atom. The van der Waals surface area contributed by atoms with Crippen molar-refractivity contribution >= 4 is 0 Å². The van der Waals surface area contributed by atoms with Crippen molar-refractivity contribution in [2.24, 2.45) is 56.7 Å². The van der Waals surface area contributed by atoms with Crippen LogP contribution >= 0.6 is 0 Å². The lowest BCUT2D eigenvalue weighted by molar-refractivity contribution is -0.275. The fraction of sp³-hybridized carbons (Fsp3) is 1.00. The molecule has 0 aromatic heterocycles. The number of hydrogen-bond acceptors (Lipinski definition) is 2. The Bertz CT molecular complexity index is 765. The first-order valence-corrected chi connectivity index (χ1v) is 14.0. The summed E-state index contributed by atoms with van der Waals surface area (Å²) in [6.07, 6.45) is 12.4. The zero-order chi connectivity index (χ0) is 23.5. The summed E-state index contributed by atoms with van der Waals surface area (Å²) in [5.41, 5.74) is 0.706. The van der Waals surface area contributed by atoms with Crippen LogP contribution in [0.25, 0.3) is 0 Å². The molecule has 10 atom stereocenters. The van der Waals surface area contributed by atoms with Crippen LogP contribution in [0.1, 0.15) is 120 Å². The topological polar surface area (TPSA) is 40.5 Å². The molecule has 5 aliphatic rings. The number of rotatable bonds is 1. The first kappa shape index (κ1) is 23.7. The molecule has 0 heterocycles. The molecule has 0 saturated heterocycles. The molecule has 184 valence electrons. The van der Waals surface area contributed by atoms with Gasteiger partial charge in [0.05, 0.1) is 11.7 Å². The zero-order valence-corrected chi connectivity index (χ0v) is 22.4. The Morgan fingerprint density at radius 3 is 2.03 bits per heavy atom. The van der Waals surface area contributed by atoms with Crippen molar-refractivity contribution in [1.82, 2.24) is 0 Å². The van der Waals surface area contributed by atoms with Gasteiger partial charge in [-0.15, -0.1) is 0 Å². The number of hydrogen-bond donors (Lipinski definition) is 2. The summed E-state index contributed by atoms with van der Waals surface area (Å²) in [5, 5.41) is 23.0. The van der Waals surface area contributed by atoms with Crippen molar-refractivity contribution in [3.63, 3.8) is 0 Å². The molecule has 5 saturated carbocycles. The second kappa shape index (κ2) is 6.77. The fourth-order valence-corrected chi connectivity index (χ4v) is 12.1. The van der Waals surface area contributed by atoms with Crippen molar-refractivity contribution < 1.29 is 10.2 Å². The van der Waals surface area contributed by atoms with Gasteiger partial charge in [0.25, 0.3) is 0 Å². The summed E-state index contributed by atoms with van der Waals surface area (Å²) in [7, 11) is 0. The Labute approximate surface area is 198 Å². The quantitative estimate of drug-likeness (QED) is 0.448. The lowest BCUT2D eigenvalue weighted by atomic mass is 9.31. The van der Waals surface area contributed by atoms with Crippen molar-refractivity contribution in [2.75, 3.05) is 0 Å². The molecule has 0 radical (unpaired) electrons. The van der Waals surface area contributed by atoms with Gasteiger partial charge in [-0.05, 0) is 123 Å². The molecule has 0 unspecified atom stereocenters. The van der Waals surface area contributed by atoms with Gasteiger partial charge in [0.15, 0.2) is 0 Å². The zero-order valence-electron chi connectivity index (χ0n) is 22.4. The Kier molecular flexibility index (Phi) is 5.01. The first-order valence-electron chi connectivity index (χ1n) is 14.0. The van der Waals surface area contributed by atoms with E-state index in [2.05, 4.69) is 41.5 Å². The second-order valence-corrected chi connectivity index (χ2v) is 15.5. The lowest BCUT2D eigenvalue weighted by Gasteiger charge is -2.74. The lowest BCUT2D eigenvalue weighted by Crippen LogP contribution is -2.69. The van der Waals surface area contributed by atoms with Crippen LogP contribution in [0.5, 0.6) is 0 Å². The van der Waals surface area contributed by atoms with E-state index in [-0.39, 0.29) is 22.3 Å². The maximum atomic E-state index is 12.0. The van der Waals surface area contributed by atoms with Crippen LogP contribution in [0.15, 0.2) is 0 Å². The third-order valence-corrected chi connectivity index (χ3v) is 13.7. The van der Waals surface area contributed by atoms with Crippen molar-refractivity contribution in [2.45, 2.75) is 131 Å². The molecule has 0 amide bonds. The Morgan fingerprint density at radius 2 is 1.38 bits per heavy atom. The summed E-state index contributed by atoms with van der Waals surface area (Å²) >= 11 is 0. The summed E-state index contributed by atoms with van der Waals surface area (Å²) in [5.74, 6) is 2.92. The van der Waals surface area contributed by atoms with Crippen molar-refractivity contribution in [3.05, 3.63) is 0 Å². The molecule has 2 heteroatoms. The number of aliphatic hydroxyl groups is 2. The van der Waals surface area contributed by atoms with Gasteiger partial charge in [0.2, 0.25) is 0 Å². The highest BCUT2D eigenvalue weighted by Gasteiger charge is 2.73. The van der Waals surface area contributed by atoms with E-state index in [1.807, 2.05) is 13.8 Å².